The van der Waals surface area contributed by atoms with E-state index in [1.165, 1.54) is 12.3 Å². The number of hydrogen-bond donors (Lipinski definition) is 0. The molecule has 8 heteroatoms. The minimum absolute atomic E-state index is 0.146. The van der Waals surface area contributed by atoms with Crippen LogP contribution in [0.25, 0.3) is 0 Å². The van der Waals surface area contributed by atoms with Crippen molar-refractivity contribution in [2.24, 2.45) is 0 Å². The van der Waals surface area contributed by atoms with Crippen LogP contribution < -0.4 is 4.90 Å². The van der Waals surface area contributed by atoms with Crippen LogP contribution in [0.1, 0.15) is 15.9 Å². The summed E-state index contributed by atoms with van der Waals surface area (Å²) in [6, 6.07) is 8.47. The lowest BCUT2D eigenvalue weighted by molar-refractivity contribution is -0.137. The number of aromatic nitrogens is 1. The molecule has 1 aromatic heterocycles. The fourth-order valence-corrected chi connectivity index (χ4v) is 2.96. The van der Waals surface area contributed by atoms with E-state index in [0.717, 1.165) is 12.1 Å². The third kappa shape index (κ3) is 3.87. The second-order valence-electron chi connectivity index (χ2n) is 5.67. The standard InChI is InChI=1S/C17H15ClF3N3O/c18-15-14(5-2-6-22-15)16(25)24-9-7-23(8-10-24)13-4-1-3-12(11-13)17(19,20)21/h1-6,11H,7-10H2. The van der Waals surface area contributed by atoms with Crippen LogP contribution in [0.4, 0.5) is 18.9 Å². The Kier molecular flexibility index (Phi) is 4.85. The molecule has 0 radical (unpaired) electrons. The first-order chi connectivity index (χ1) is 11.9. The third-order valence-electron chi connectivity index (χ3n) is 4.10. The highest BCUT2D eigenvalue weighted by Crippen LogP contribution is 2.32. The van der Waals surface area contributed by atoms with Gasteiger partial charge in [-0.3, -0.25) is 4.79 Å². The van der Waals surface area contributed by atoms with Crippen LogP contribution in [0.3, 0.4) is 0 Å². The van der Waals surface area contributed by atoms with Crippen molar-refractivity contribution in [1.29, 1.82) is 0 Å². The zero-order valence-electron chi connectivity index (χ0n) is 13.1. The fourth-order valence-electron chi connectivity index (χ4n) is 2.76. The van der Waals surface area contributed by atoms with Crippen molar-refractivity contribution in [2.75, 3.05) is 31.1 Å². The summed E-state index contributed by atoms with van der Waals surface area (Å²) in [6.07, 6.45) is -2.87. The van der Waals surface area contributed by atoms with Crippen molar-refractivity contribution >= 4 is 23.2 Å². The molecule has 1 aromatic carbocycles. The zero-order chi connectivity index (χ0) is 18.0. The summed E-state index contributed by atoms with van der Waals surface area (Å²) < 4.78 is 38.5. The Hall–Kier alpha value is -2.28. The zero-order valence-corrected chi connectivity index (χ0v) is 13.9. The first-order valence-electron chi connectivity index (χ1n) is 7.68. The summed E-state index contributed by atoms with van der Waals surface area (Å²) >= 11 is 5.95. The molecule has 25 heavy (non-hydrogen) atoms. The molecule has 1 amide bonds. The highest BCUT2D eigenvalue weighted by molar-refractivity contribution is 6.32. The minimum atomic E-state index is -4.37. The number of hydrogen-bond acceptors (Lipinski definition) is 3. The molecular weight excluding hydrogens is 355 g/mol. The number of piperazine rings is 1. The number of anilines is 1. The second kappa shape index (κ2) is 6.92. The number of amides is 1. The molecule has 0 N–H and O–H groups in total. The van der Waals surface area contributed by atoms with Crippen molar-refractivity contribution in [1.82, 2.24) is 9.88 Å². The van der Waals surface area contributed by atoms with Gasteiger partial charge in [-0.25, -0.2) is 4.98 Å². The topological polar surface area (TPSA) is 36.4 Å². The quantitative estimate of drug-likeness (QED) is 0.757. The van der Waals surface area contributed by atoms with Gasteiger partial charge in [0.25, 0.3) is 5.91 Å². The van der Waals surface area contributed by atoms with E-state index in [-0.39, 0.29) is 11.1 Å². The van der Waals surface area contributed by atoms with Gasteiger partial charge in [0.15, 0.2) is 0 Å². The van der Waals surface area contributed by atoms with Gasteiger partial charge < -0.3 is 9.80 Å². The van der Waals surface area contributed by atoms with Crippen molar-refractivity contribution in [2.45, 2.75) is 6.18 Å². The Morgan fingerprint density at radius 3 is 2.44 bits per heavy atom. The number of halogens is 4. The van der Waals surface area contributed by atoms with E-state index in [1.54, 1.807) is 23.1 Å². The van der Waals surface area contributed by atoms with Gasteiger partial charge >= 0.3 is 6.18 Å². The van der Waals surface area contributed by atoms with Gasteiger partial charge in [-0.2, -0.15) is 13.2 Å². The number of nitrogens with zero attached hydrogens (tertiary/aromatic N) is 3. The molecule has 3 rings (SSSR count). The number of rotatable bonds is 2. The lowest BCUT2D eigenvalue weighted by Crippen LogP contribution is -2.48. The molecule has 1 fully saturated rings. The Bertz CT molecular complexity index is 774. The maximum Gasteiger partial charge on any atom is 0.416 e. The Balaban J connectivity index is 1.68. The van der Waals surface area contributed by atoms with Crippen LogP contribution in [0.5, 0.6) is 0 Å². The average Bonchev–Trinajstić information content (AvgIpc) is 2.61. The average molecular weight is 370 g/mol. The Morgan fingerprint density at radius 2 is 1.80 bits per heavy atom. The molecule has 2 aromatic rings. The van der Waals surface area contributed by atoms with Gasteiger partial charge in [-0.15, -0.1) is 0 Å². The molecule has 1 aliphatic heterocycles. The molecule has 0 bridgehead atoms. The summed E-state index contributed by atoms with van der Waals surface area (Å²) in [5, 5.41) is 0.146. The van der Waals surface area contributed by atoms with Crippen LogP contribution in [0, 0.1) is 0 Å². The van der Waals surface area contributed by atoms with Crippen molar-refractivity contribution in [3.05, 3.63) is 58.9 Å². The SMILES string of the molecule is O=C(c1cccnc1Cl)N1CCN(c2cccc(C(F)(F)F)c2)CC1. The first-order valence-corrected chi connectivity index (χ1v) is 8.06. The molecule has 0 saturated carbocycles. The van der Waals surface area contributed by atoms with Crippen LogP contribution in [0.2, 0.25) is 5.15 Å². The van der Waals surface area contributed by atoms with Gasteiger partial charge in [0.1, 0.15) is 5.15 Å². The fraction of sp³-hybridized carbons (Fsp3) is 0.294. The summed E-state index contributed by atoms with van der Waals surface area (Å²) in [5.74, 6) is -0.221. The van der Waals surface area contributed by atoms with Crippen molar-refractivity contribution in [3.63, 3.8) is 0 Å². The van der Waals surface area contributed by atoms with Gasteiger partial charge in [0.05, 0.1) is 11.1 Å². The van der Waals surface area contributed by atoms with Gasteiger partial charge in [-0.1, -0.05) is 17.7 Å². The number of benzene rings is 1. The third-order valence-corrected chi connectivity index (χ3v) is 4.40. The van der Waals surface area contributed by atoms with Crippen LogP contribution in [0.15, 0.2) is 42.6 Å². The van der Waals surface area contributed by atoms with Crippen LogP contribution >= 0.6 is 11.6 Å². The molecule has 0 atom stereocenters. The largest absolute Gasteiger partial charge is 0.416 e. The predicted molar refractivity (Wildman–Crippen MR) is 88.8 cm³/mol. The highest BCUT2D eigenvalue weighted by Gasteiger charge is 2.31. The smallest absolute Gasteiger partial charge is 0.368 e. The Labute approximate surface area is 147 Å². The maximum atomic E-state index is 12.8. The maximum absolute atomic E-state index is 12.8. The summed E-state index contributed by atoms with van der Waals surface area (Å²) in [7, 11) is 0. The van der Waals surface area contributed by atoms with E-state index in [1.807, 2.05) is 4.90 Å². The highest BCUT2D eigenvalue weighted by atomic mass is 35.5. The van der Waals surface area contributed by atoms with Crippen LogP contribution in [-0.2, 0) is 6.18 Å². The molecule has 0 spiro atoms. The normalized spacial score (nSPS) is 15.4. The van der Waals surface area contributed by atoms with E-state index in [9.17, 15) is 18.0 Å². The summed E-state index contributed by atoms with van der Waals surface area (Å²) in [6.45, 7) is 1.70. The van der Waals surface area contributed by atoms with Gasteiger partial charge in [0, 0.05) is 38.1 Å². The molecule has 0 aliphatic carbocycles. The number of pyridine rings is 1. The number of carbonyl (C=O) groups excluding carboxylic acids is 1. The van der Waals surface area contributed by atoms with E-state index in [0.29, 0.717) is 37.4 Å². The predicted octanol–water partition coefficient (Wildman–Crippen LogP) is 3.72. The lowest BCUT2D eigenvalue weighted by atomic mass is 10.1. The van der Waals surface area contributed by atoms with E-state index in [2.05, 4.69) is 4.98 Å². The molecule has 2 heterocycles. The second-order valence-corrected chi connectivity index (χ2v) is 6.03. The summed E-state index contributed by atoms with van der Waals surface area (Å²) in [5.41, 5.74) is 0.156. The lowest BCUT2D eigenvalue weighted by Gasteiger charge is -2.36. The Morgan fingerprint density at radius 1 is 1.08 bits per heavy atom. The number of alkyl halides is 3. The minimum Gasteiger partial charge on any atom is -0.368 e. The van der Waals surface area contributed by atoms with Crippen molar-refractivity contribution < 1.29 is 18.0 Å². The molecule has 1 aliphatic rings. The first kappa shape index (κ1) is 17.5. The van der Waals surface area contributed by atoms with E-state index >= 15 is 0 Å². The van der Waals surface area contributed by atoms with Crippen LogP contribution in [-0.4, -0.2) is 42.0 Å². The monoisotopic (exact) mass is 369 g/mol. The molecule has 0 unspecified atom stereocenters. The van der Waals surface area contributed by atoms with Gasteiger partial charge in [-0.05, 0) is 30.3 Å². The van der Waals surface area contributed by atoms with E-state index < -0.39 is 11.7 Å². The molecule has 132 valence electrons. The molecule has 1 saturated heterocycles. The van der Waals surface area contributed by atoms with Gasteiger partial charge in [0.2, 0.25) is 0 Å². The van der Waals surface area contributed by atoms with Crippen molar-refractivity contribution in [3.8, 4) is 0 Å². The molecular formula is C17H15ClF3N3O. The van der Waals surface area contributed by atoms with E-state index in [4.69, 9.17) is 11.6 Å². The molecule has 4 nitrogen and oxygen atoms in total. The number of carbonyl (C=O) groups is 1. The summed E-state index contributed by atoms with van der Waals surface area (Å²) in [4.78, 5) is 19.8.